The molecule has 2 aliphatic heterocycles. The van der Waals surface area contributed by atoms with Crippen molar-refractivity contribution in [3.05, 3.63) is 97.6 Å². The average Bonchev–Trinajstić information content (AvgIpc) is 3.13. The summed E-state index contributed by atoms with van der Waals surface area (Å²) in [6.07, 6.45) is 1.83. The van der Waals surface area contributed by atoms with E-state index in [2.05, 4.69) is 29.0 Å². The van der Waals surface area contributed by atoms with Gasteiger partial charge in [0.2, 0.25) is 0 Å². The molecule has 1 N–H and O–H groups in total. The number of benzene rings is 2. The highest BCUT2D eigenvalue weighted by atomic mass is 19.1. The fourth-order valence-electron chi connectivity index (χ4n) is 8.39. The molecular weight excluding hydrogens is 699 g/mol. The molecule has 2 aromatic rings. The van der Waals surface area contributed by atoms with Gasteiger partial charge in [0.25, 0.3) is 5.69 Å². The number of non-ortho nitro benzene ring substituents is 1. The summed E-state index contributed by atoms with van der Waals surface area (Å²) < 4.78 is 36.4. The minimum Gasteiger partial charge on any atom is -0.466 e. The quantitative estimate of drug-likeness (QED) is 0.120. The van der Waals surface area contributed by atoms with Crippen LogP contribution in [0.4, 0.5) is 10.1 Å². The number of esters is 3. The number of carbonyl (C=O) groups is 3. The molecule has 3 aliphatic rings. The molecule has 0 radical (unpaired) electrons. The highest BCUT2D eigenvalue weighted by molar-refractivity contribution is 5.99. The maximum atomic E-state index is 14.2. The fourth-order valence-corrected chi connectivity index (χ4v) is 8.39. The predicted molar refractivity (Wildman–Crippen MR) is 198 cm³/mol. The van der Waals surface area contributed by atoms with Crippen molar-refractivity contribution < 1.29 is 42.6 Å². The Bertz CT molecular complexity index is 1800. The van der Waals surface area contributed by atoms with Gasteiger partial charge in [-0.1, -0.05) is 32.0 Å². The van der Waals surface area contributed by atoms with Crippen molar-refractivity contribution >= 4 is 23.6 Å². The molecule has 14 heteroatoms. The largest absolute Gasteiger partial charge is 0.466 e. The van der Waals surface area contributed by atoms with Crippen LogP contribution in [0.15, 0.2) is 65.0 Å². The zero-order chi connectivity index (χ0) is 39.2. The zero-order valence-corrected chi connectivity index (χ0v) is 31.9. The molecule has 1 saturated heterocycles. The zero-order valence-electron chi connectivity index (χ0n) is 31.9. The lowest BCUT2D eigenvalue weighted by molar-refractivity contribution is -0.384. The van der Waals surface area contributed by atoms with Crippen LogP contribution < -0.4 is 5.32 Å². The summed E-state index contributed by atoms with van der Waals surface area (Å²) in [6.45, 7) is 11.8. The molecule has 54 heavy (non-hydrogen) atoms. The van der Waals surface area contributed by atoms with Crippen LogP contribution in [0.2, 0.25) is 0 Å². The molecule has 0 aromatic heterocycles. The summed E-state index contributed by atoms with van der Waals surface area (Å²) in [5, 5.41) is 14.7. The van der Waals surface area contributed by atoms with Crippen LogP contribution in [0.25, 0.3) is 0 Å². The predicted octanol–water partition coefficient (Wildman–Crippen LogP) is 5.01. The molecule has 1 aliphatic carbocycles. The second-order valence-corrected chi connectivity index (χ2v) is 14.6. The highest BCUT2D eigenvalue weighted by Gasteiger charge is 2.48. The van der Waals surface area contributed by atoms with E-state index < -0.39 is 34.4 Å². The maximum absolute atomic E-state index is 14.2. The molecule has 0 saturated carbocycles. The van der Waals surface area contributed by atoms with Crippen molar-refractivity contribution in [2.24, 2.45) is 5.92 Å². The summed E-state index contributed by atoms with van der Waals surface area (Å²) in [5.41, 5.74) is 2.78. The molecule has 1 fully saturated rings. The van der Waals surface area contributed by atoms with E-state index in [9.17, 15) is 28.9 Å². The van der Waals surface area contributed by atoms with Gasteiger partial charge in [-0.15, -0.1) is 0 Å². The van der Waals surface area contributed by atoms with E-state index in [0.717, 1.165) is 37.3 Å². The standard InChI is InChI=1S/C40H51FN4O9/c1-25(2)37-32-11-10-30(41)22-28(32)12-13-40(37,54-33(46)24-51-5)14-15-43-16-18-44(19-17-43)20-21-53-39(48)35-27(4)42-26(3)34(38(47)52-6)36(35)29-8-7-9-31(23-29)45(49)50/h7-11,22-23,25,36-37,42H,12-21,24H2,1-6H3. The number of nitro groups is 1. The van der Waals surface area contributed by atoms with Crippen LogP contribution in [-0.2, 0) is 39.8 Å². The van der Waals surface area contributed by atoms with Crippen LogP contribution in [0.5, 0.6) is 0 Å². The van der Waals surface area contributed by atoms with Crippen molar-refractivity contribution in [3.63, 3.8) is 0 Å². The maximum Gasteiger partial charge on any atom is 0.336 e. The Morgan fingerprint density at radius 2 is 1.65 bits per heavy atom. The number of dihydropyridines is 1. The number of carbonyl (C=O) groups excluding carboxylic acids is 3. The Morgan fingerprint density at radius 1 is 0.981 bits per heavy atom. The summed E-state index contributed by atoms with van der Waals surface area (Å²) in [4.78, 5) is 55.2. The van der Waals surface area contributed by atoms with Gasteiger partial charge in [-0.2, -0.15) is 0 Å². The van der Waals surface area contributed by atoms with Crippen molar-refractivity contribution in [1.82, 2.24) is 15.1 Å². The van der Waals surface area contributed by atoms with Crippen LogP contribution in [-0.4, -0.2) is 105 Å². The van der Waals surface area contributed by atoms with Gasteiger partial charge in [-0.05, 0) is 61.4 Å². The first kappa shape index (κ1) is 40.5. The molecule has 2 aromatic carbocycles. The lowest BCUT2D eigenvalue weighted by atomic mass is 9.65. The Balaban J connectivity index is 1.21. The molecule has 5 rings (SSSR count). The third-order valence-corrected chi connectivity index (χ3v) is 10.8. The Hall–Kier alpha value is -4.66. The molecule has 0 spiro atoms. The summed E-state index contributed by atoms with van der Waals surface area (Å²) in [5.74, 6) is -2.86. The monoisotopic (exact) mass is 750 g/mol. The molecule has 0 bridgehead atoms. The van der Waals surface area contributed by atoms with Gasteiger partial charge in [0.05, 0.1) is 29.1 Å². The van der Waals surface area contributed by atoms with Gasteiger partial charge in [0, 0.05) is 82.2 Å². The summed E-state index contributed by atoms with van der Waals surface area (Å²) >= 11 is 0. The van der Waals surface area contributed by atoms with Gasteiger partial charge >= 0.3 is 17.9 Å². The van der Waals surface area contributed by atoms with Crippen molar-refractivity contribution in [1.29, 1.82) is 0 Å². The number of piperazine rings is 1. The Labute approximate surface area is 315 Å². The van der Waals surface area contributed by atoms with E-state index in [4.69, 9.17) is 18.9 Å². The SMILES string of the molecule is COCC(=O)OC1(CCN2CCN(CCOC(=O)C3=C(C)NC(C)=C(C(=O)OC)C3c3cccc([N+](=O)[O-])c3)CC2)CCc2cc(F)ccc2C1C(C)C. The average molecular weight is 751 g/mol. The van der Waals surface area contributed by atoms with Crippen LogP contribution in [0, 0.1) is 21.8 Å². The topological polar surface area (TPSA) is 150 Å². The number of nitro benzene ring substituents is 1. The van der Waals surface area contributed by atoms with E-state index in [0.29, 0.717) is 49.3 Å². The second-order valence-electron chi connectivity index (χ2n) is 14.6. The molecule has 292 valence electrons. The third kappa shape index (κ3) is 8.99. The number of nitrogens with one attached hydrogen (secondary N) is 1. The highest BCUT2D eigenvalue weighted by Crippen LogP contribution is 2.48. The van der Waals surface area contributed by atoms with Gasteiger partial charge in [0.15, 0.2) is 0 Å². The Kier molecular flexibility index (Phi) is 13.2. The van der Waals surface area contributed by atoms with E-state index in [1.54, 1.807) is 26.0 Å². The van der Waals surface area contributed by atoms with E-state index in [1.165, 1.54) is 38.5 Å². The number of ether oxygens (including phenoxy) is 4. The number of hydrogen-bond acceptors (Lipinski definition) is 12. The number of rotatable bonds is 14. The lowest BCUT2D eigenvalue weighted by Gasteiger charge is -2.47. The smallest absolute Gasteiger partial charge is 0.336 e. The first-order valence-electron chi connectivity index (χ1n) is 18.4. The lowest BCUT2D eigenvalue weighted by Crippen LogP contribution is -2.52. The molecule has 3 atom stereocenters. The number of allylic oxidation sites excluding steroid dienone is 2. The van der Waals surface area contributed by atoms with Crippen LogP contribution in [0.1, 0.15) is 69.1 Å². The van der Waals surface area contributed by atoms with E-state index in [-0.39, 0.29) is 47.7 Å². The van der Waals surface area contributed by atoms with Crippen LogP contribution in [0.3, 0.4) is 0 Å². The van der Waals surface area contributed by atoms with Crippen LogP contribution >= 0.6 is 0 Å². The first-order chi connectivity index (χ1) is 25.8. The number of aryl methyl sites for hydroxylation is 1. The normalized spacial score (nSPS) is 22.1. The minimum absolute atomic E-state index is 0.0994. The number of halogens is 1. The molecular formula is C40H51FN4O9. The van der Waals surface area contributed by atoms with Gasteiger partial charge in [0.1, 0.15) is 24.6 Å². The van der Waals surface area contributed by atoms with E-state index >= 15 is 0 Å². The fraction of sp³-hybridized carbons (Fsp3) is 0.525. The third-order valence-electron chi connectivity index (χ3n) is 10.8. The minimum atomic E-state index is -0.930. The second kappa shape index (κ2) is 17.7. The molecule has 2 heterocycles. The van der Waals surface area contributed by atoms with E-state index in [1.807, 2.05) is 6.07 Å². The van der Waals surface area contributed by atoms with Crippen molar-refractivity contribution in [3.8, 4) is 0 Å². The first-order valence-corrected chi connectivity index (χ1v) is 18.4. The van der Waals surface area contributed by atoms with Crippen molar-refractivity contribution in [2.45, 2.75) is 64.4 Å². The summed E-state index contributed by atoms with van der Waals surface area (Å²) in [7, 11) is 2.71. The Morgan fingerprint density at radius 3 is 2.28 bits per heavy atom. The molecule has 0 amide bonds. The summed E-state index contributed by atoms with van der Waals surface area (Å²) in [6, 6.07) is 10.8. The van der Waals surface area contributed by atoms with Crippen molar-refractivity contribution in [2.75, 3.05) is 66.7 Å². The van der Waals surface area contributed by atoms with Gasteiger partial charge < -0.3 is 29.2 Å². The van der Waals surface area contributed by atoms with Gasteiger partial charge in [-0.25, -0.2) is 18.8 Å². The molecule has 13 nitrogen and oxygen atoms in total. The number of fused-ring (bicyclic) bond motifs is 1. The molecule has 3 unspecified atom stereocenters. The number of methoxy groups -OCH3 is 2. The van der Waals surface area contributed by atoms with Gasteiger partial charge in [-0.3, -0.25) is 15.0 Å². The number of hydrogen-bond donors (Lipinski definition) is 1. The number of nitrogens with zero attached hydrogens (tertiary/aromatic N) is 3.